The van der Waals surface area contributed by atoms with Crippen LogP contribution in [-0.2, 0) is 6.54 Å². The second-order valence-electron chi connectivity index (χ2n) is 2.74. The van der Waals surface area contributed by atoms with E-state index in [1.165, 1.54) is 5.56 Å². The summed E-state index contributed by atoms with van der Waals surface area (Å²) in [6, 6.07) is 6.10. The summed E-state index contributed by atoms with van der Waals surface area (Å²) in [5, 5.41) is 7.99. The molecule has 2 aromatic rings. The van der Waals surface area contributed by atoms with Gasteiger partial charge in [-0.15, -0.1) is 0 Å². The van der Waals surface area contributed by atoms with Gasteiger partial charge in [-0.05, 0) is 24.7 Å². The SMILES string of the molecule is CNCc1ccc2conc2c1. The van der Waals surface area contributed by atoms with E-state index in [-0.39, 0.29) is 0 Å². The van der Waals surface area contributed by atoms with Crippen molar-refractivity contribution in [3.05, 3.63) is 30.0 Å². The molecule has 0 aliphatic carbocycles. The zero-order valence-corrected chi connectivity index (χ0v) is 6.87. The van der Waals surface area contributed by atoms with E-state index in [9.17, 15) is 0 Å². The molecular weight excluding hydrogens is 152 g/mol. The average Bonchev–Trinajstić information content (AvgIpc) is 2.51. The van der Waals surface area contributed by atoms with Crippen molar-refractivity contribution in [1.82, 2.24) is 10.5 Å². The van der Waals surface area contributed by atoms with Crippen LogP contribution in [0.1, 0.15) is 5.56 Å². The second kappa shape index (κ2) is 2.95. The highest BCUT2D eigenvalue weighted by molar-refractivity contribution is 5.77. The van der Waals surface area contributed by atoms with E-state index in [0.29, 0.717) is 0 Å². The summed E-state index contributed by atoms with van der Waals surface area (Å²) >= 11 is 0. The molecule has 2 rings (SSSR count). The second-order valence-corrected chi connectivity index (χ2v) is 2.74. The van der Waals surface area contributed by atoms with Crippen LogP contribution >= 0.6 is 0 Å². The van der Waals surface area contributed by atoms with Crippen molar-refractivity contribution in [1.29, 1.82) is 0 Å². The van der Waals surface area contributed by atoms with Crippen LogP contribution in [0.5, 0.6) is 0 Å². The fraction of sp³-hybridized carbons (Fsp3) is 0.222. The number of rotatable bonds is 2. The number of fused-ring (bicyclic) bond motifs is 1. The maximum Gasteiger partial charge on any atom is 0.131 e. The zero-order chi connectivity index (χ0) is 8.39. The fourth-order valence-electron chi connectivity index (χ4n) is 1.22. The normalized spacial score (nSPS) is 10.8. The van der Waals surface area contributed by atoms with Gasteiger partial charge in [0.05, 0.1) is 0 Å². The van der Waals surface area contributed by atoms with E-state index in [2.05, 4.69) is 16.5 Å². The molecule has 3 nitrogen and oxygen atoms in total. The third-order valence-corrected chi connectivity index (χ3v) is 1.81. The van der Waals surface area contributed by atoms with E-state index in [1.807, 2.05) is 19.2 Å². The molecule has 0 spiro atoms. The van der Waals surface area contributed by atoms with E-state index in [1.54, 1.807) is 6.26 Å². The van der Waals surface area contributed by atoms with Gasteiger partial charge in [0.25, 0.3) is 0 Å². The highest BCUT2D eigenvalue weighted by Gasteiger charge is 1.98. The molecule has 1 heterocycles. The van der Waals surface area contributed by atoms with Crippen LogP contribution in [0.25, 0.3) is 10.9 Å². The molecule has 0 unspecified atom stereocenters. The number of benzene rings is 1. The topological polar surface area (TPSA) is 38.1 Å². The minimum absolute atomic E-state index is 0.864. The molecule has 1 aromatic heterocycles. The molecule has 0 bridgehead atoms. The minimum atomic E-state index is 0.864. The summed E-state index contributed by atoms with van der Waals surface area (Å²) in [6.45, 7) is 0.864. The Balaban J connectivity index is 2.46. The van der Waals surface area contributed by atoms with Crippen molar-refractivity contribution < 1.29 is 4.52 Å². The standard InChI is InChI=1S/C9H10N2O/c1-10-5-7-2-3-8-6-12-11-9(8)4-7/h2-4,6,10H,5H2,1H3. The minimum Gasteiger partial charge on any atom is -0.364 e. The Morgan fingerprint density at radius 2 is 2.42 bits per heavy atom. The molecule has 0 aliphatic heterocycles. The zero-order valence-electron chi connectivity index (χ0n) is 6.87. The first-order valence-corrected chi connectivity index (χ1v) is 3.88. The van der Waals surface area contributed by atoms with Crippen LogP contribution in [0.4, 0.5) is 0 Å². The molecular formula is C9H10N2O. The van der Waals surface area contributed by atoms with Crippen molar-refractivity contribution in [2.45, 2.75) is 6.54 Å². The van der Waals surface area contributed by atoms with Crippen molar-refractivity contribution in [3.63, 3.8) is 0 Å². The van der Waals surface area contributed by atoms with Gasteiger partial charge < -0.3 is 9.84 Å². The predicted molar refractivity (Wildman–Crippen MR) is 46.8 cm³/mol. The number of hydrogen-bond donors (Lipinski definition) is 1. The summed E-state index contributed by atoms with van der Waals surface area (Å²) in [6.07, 6.45) is 1.65. The summed E-state index contributed by atoms with van der Waals surface area (Å²) in [5.74, 6) is 0. The van der Waals surface area contributed by atoms with Gasteiger partial charge in [0.1, 0.15) is 11.8 Å². The van der Waals surface area contributed by atoms with Crippen LogP contribution in [0.15, 0.2) is 29.0 Å². The summed E-state index contributed by atoms with van der Waals surface area (Å²) in [5.41, 5.74) is 2.14. The highest BCUT2D eigenvalue weighted by atomic mass is 16.5. The maximum absolute atomic E-state index is 4.83. The first kappa shape index (κ1) is 7.31. The van der Waals surface area contributed by atoms with Gasteiger partial charge in [-0.1, -0.05) is 11.2 Å². The number of hydrogen-bond acceptors (Lipinski definition) is 3. The Labute approximate surface area is 70.4 Å². The maximum atomic E-state index is 4.83. The van der Waals surface area contributed by atoms with Gasteiger partial charge in [0.15, 0.2) is 0 Å². The molecule has 0 atom stereocenters. The van der Waals surface area contributed by atoms with E-state index in [4.69, 9.17) is 4.52 Å². The first-order valence-electron chi connectivity index (χ1n) is 3.88. The molecule has 0 radical (unpaired) electrons. The van der Waals surface area contributed by atoms with Crippen molar-refractivity contribution in [2.24, 2.45) is 0 Å². The quantitative estimate of drug-likeness (QED) is 0.728. The average molecular weight is 162 g/mol. The van der Waals surface area contributed by atoms with Crippen LogP contribution in [-0.4, -0.2) is 12.2 Å². The van der Waals surface area contributed by atoms with E-state index in [0.717, 1.165) is 17.4 Å². The highest BCUT2D eigenvalue weighted by Crippen LogP contribution is 2.13. The summed E-state index contributed by atoms with van der Waals surface area (Å²) in [7, 11) is 1.92. The van der Waals surface area contributed by atoms with Gasteiger partial charge in [-0.3, -0.25) is 0 Å². The number of aromatic nitrogens is 1. The molecule has 0 saturated carbocycles. The third kappa shape index (κ3) is 1.19. The largest absolute Gasteiger partial charge is 0.364 e. The Bertz CT molecular complexity index is 381. The van der Waals surface area contributed by atoms with Gasteiger partial charge in [-0.2, -0.15) is 0 Å². The lowest BCUT2D eigenvalue weighted by Crippen LogP contribution is -2.04. The van der Waals surface area contributed by atoms with Gasteiger partial charge in [0.2, 0.25) is 0 Å². The van der Waals surface area contributed by atoms with Gasteiger partial charge >= 0.3 is 0 Å². The van der Waals surface area contributed by atoms with Crippen LogP contribution < -0.4 is 5.32 Å². The Morgan fingerprint density at radius 1 is 1.50 bits per heavy atom. The van der Waals surface area contributed by atoms with E-state index < -0.39 is 0 Å². The first-order chi connectivity index (χ1) is 5.90. The lowest BCUT2D eigenvalue weighted by molar-refractivity contribution is 0.428. The van der Waals surface area contributed by atoms with Crippen molar-refractivity contribution in [2.75, 3.05) is 7.05 Å². The molecule has 62 valence electrons. The molecule has 12 heavy (non-hydrogen) atoms. The summed E-state index contributed by atoms with van der Waals surface area (Å²) in [4.78, 5) is 0. The Hall–Kier alpha value is -1.35. The smallest absolute Gasteiger partial charge is 0.131 e. The fourth-order valence-corrected chi connectivity index (χ4v) is 1.22. The molecule has 1 N–H and O–H groups in total. The predicted octanol–water partition coefficient (Wildman–Crippen LogP) is 1.55. The Morgan fingerprint density at radius 3 is 3.25 bits per heavy atom. The van der Waals surface area contributed by atoms with Crippen molar-refractivity contribution in [3.8, 4) is 0 Å². The van der Waals surface area contributed by atoms with E-state index >= 15 is 0 Å². The molecule has 3 heteroatoms. The number of nitrogens with one attached hydrogen (secondary N) is 1. The molecule has 0 fully saturated rings. The van der Waals surface area contributed by atoms with Gasteiger partial charge in [-0.25, -0.2) is 0 Å². The summed E-state index contributed by atoms with van der Waals surface area (Å²) < 4.78 is 4.83. The van der Waals surface area contributed by atoms with Crippen LogP contribution in [0, 0.1) is 0 Å². The molecule has 0 saturated heterocycles. The number of nitrogens with zero attached hydrogens (tertiary/aromatic N) is 1. The van der Waals surface area contributed by atoms with Gasteiger partial charge in [0, 0.05) is 11.9 Å². The molecule has 1 aromatic carbocycles. The van der Waals surface area contributed by atoms with Crippen LogP contribution in [0.2, 0.25) is 0 Å². The van der Waals surface area contributed by atoms with Crippen LogP contribution in [0.3, 0.4) is 0 Å². The Kier molecular flexibility index (Phi) is 1.80. The molecule has 0 amide bonds. The third-order valence-electron chi connectivity index (χ3n) is 1.81. The monoisotopic (exact) mass is 162 g/mol. The molecule has 0 aliphatic rings. The van der Waals surface area contributed by atoms with Crippen molar-refractivity contribution >= 4 is 10.9 Å². The lowest BCUT2D eigenvalue weighted by atomic mass is 10.2. The lowest BCUT2D eigenvalue weighted by Gasteiger charge is -1.97.